The molecule has 6 heteroatoms. The topological polar surface area (TPSA) is 49.4 Å². The molecule has 0 unspecified atom stereocenters. The largest absolute Gasteiger partial charge is 0.378 e. The maximum atomic E-state index is 12.2. The molecular weight excluding hydrogens is 352 g/mol. The van der Waals surface area contributed by atoms with E-state index in [9.17, 15) is 8.42 Å². The second kappa shape index (κ2) is 6.49. The summed E-state index contributed by atoms with van der Waals surface area (Å²) >= 11 is 3.28. The van der Waals surface area contributed by atoms with E-state index in [1.54, 1.807) is 24.3 Å². The zero-order valence-corrected chi connectivity index (χ0v) is 14.3. The summed E-state index contributed by atoms with van der Waals surface area (Å²) in [5, 5.41) is 2.95. The van der Waals surface area contributed by atoms with Crippen LogP contribution < -0.4 is 10.2 Å². The van der Waals surface area contributed by atoms with Gasteiger partial charge in [-0.15, -0.1) is 0 Å². The van der Waals surface area contributed by atoms with Crippen LogP contribution in [0, 0.1) is 0 Å². The Labute approximate surface area is 133 Å². The normalized spacial score (nSPS) is 11.2. The Morgan fingerprint density at radius 2 is 1.76 bits per heavy atom. The predicted molar refractivity (Wildman–Crippen MR) is 90.6 cm³/mol. The minimum absolute atomic E-state index is 0.134. The molecule has 112 valence electrons. The highest BCUT2D eigenvalue weighted by Crippen LogP contribution is 2.19. The number of nitrogens with zero attached hydrogens (tertiary/aromatic N) is 1. The predicted octanol–water partition coefficient (Wildman–Crippen LogP) is 3.36. The van der Waals surface area contributed by atoms with Crippen LogP contribution in [0.4, 0.5) is 11.4 Å². The van der Waals surface area contributed by atoms with Crippen molar-refractivity contribution < 1.29 is 8.42 Å². The van der Waals surface area contributed by atoms with Crippen molar-refractivity contribution in [1.82, 2.24) is 0 Å². The van der Waals surface area contributed by atoms with E-state index in [-0.39, 0.29) is 5.88 Å². The quantitative estimate of drug-likeness (QED) is 0.878. The van der Waals surface area contributed by atoms with Gasteiger partial charge in [0.15, 0.2) is 9.84 Å². The summed E-state index contributed by atoms with van der Waals surface area (Å²) in [4.78, 5) is 2.29. The molecule has 0 saturated carbocycles. The van der Waals surface area contributed by atoms with Gasteiger partial charge >= 0.3 is 0 Å². The van der Waals surface area contributed by atoms with E-state index in [0.717, 1.165) is 15.8 Å². The molecule has 0 fully saturated rings. The summed E-state index contributed by atoms with van der Waals surface area (Å²) in [6.45, 7) is 0. The number of rotatable bonds is 5. The molecule has 0 aromatic heterocycles. The third-order valence-corrected chi connectivity index (χ3v) is 5.00. The second-order valence-corrected chi connectivity index (χ2v) is 7.74. The van der Waals surface area contributed by atoms with Crippen LogP contribution in [-0.2, 0) is 9.84 Å². The van der Waals surface area contributed by atoms with Gasteiger partial charge in [-0.2, -0.15) is 0 Å². The molecule has 0 spiro atoms. The van der Waals surface area contributed by atoms with E-state index in [4.69, 9.17) is 0 Å². The van der Waals surface area contributed by atoms with Gasteiger partial charge in [-0.05, 0) is 42.5 Å². The van der Waals surface area contributed by atoms with Gasteiger partial charge in [0.25, 0.3) is 0 Å². The molecule has 2 aromatic carbocycles. The van der Waals surface area contributed by atoms with Gasteiger partial charge in [-0.25, -0.2) is 8.42 Å². The molecule has 2 aromatic rings. The minimum atomic E-state index is -3.36. The van der Waals surface area contributed by atoms with E-state index < -0.39 is 9.84 Å². The van der Waals surface area contributed by atoms with Crippen molar-refractivity contribution in [2.24, 2.45) is 0 Å². The molecule has 4 nitrogen and oxygen atoms in total. The zero-order valence-electron chi connectivity index (χ0n) is 11.9. The van der Waals surface area contributed by atoms with Crippen molar-refractivity contribution in [1.29, 1.82) is 0 Å². The van der Waals surface area contributed by atoms with Gasteiger partial charge in [0.1, 0.15) is 5.88 Å². The number of hydrogen-bond donors (Lipinski definition) is 1. The Balaban J connectivity index is 2.08. The van der Waals surface area contributed by atoms with Crippen LogP contribution in [0.2, 0.25) is 0 Å². The van der Waals surface area contributed by atoms with Crippen molar-refractivity contribution in [3.05, 3.63) is 53.0 Å². The van der Waals surface area contributed by atoms with Crippen LogP contribution in [0.3, 0.4) is 0 Å². The highest BCUT2D eigenvalue weighted by atomic mass is 79.9. The Hall–Kier alpha value is -1.53. The van der Waals surface area contributed by atoms with Gasteiger partial charge in [0.2, 0.25) is 0 Å². The molecule has 21 heavy (non-hydrogen) atoms. The minimum Gasteiger partial charge on any atom is -0.378 e. The Kier molecular flexibility index (Phi) is 4.90. The number of hydrogen-bond acceptors (Lipinski definition) is 4. The monoisotopic (exact) mass is 368 g/mol. The van der Waals surface area contributed by atoms with E-state index >= 15 is 0 Å². The van der Waals surface area contributed by atoms with E-state index in [2.05, 4.69) is 21.2 Å². The van der Waals surface area contributed by atoms with Crippen LogP contribution in [0.15, 0.2) is 57.9 Å². The van der Waals surface area contributed by atoms with Gasteiger partial charge in [0.05, 0.1) is 4.90 Å². The van der Waals surface area contributed by atoms with E-state index in [0.29, 0.717) is 4.90 Å². The fourth-order valence-corrected chi connectivity index (χ4v) is 3.47. The van der Waals surface area contributed by atoms with Crippen molar-refractivity contribution in [2.75, 3.05) is 30.2 Å². The molecule has 1 N–H and O–H groups in total. The summed E-state index contributed by atoms with van der Waals surface area (Å²) in [5.41, 5.74) is 1.84. The van der Waals surface area contributed by atoms with Gasteiger partial charge < -0.3 is 10.2 Å². The molecular formula is C15H17BrN2O2S. The summed E-state index contributed by atoms with van der Waals surface area (Å²) in [6, 6.07) is 14.3. The fraction of sp³-hybridized carbons (Fsp3) is 0.200. The zero-order chi connectivity index (χ0) is 15.5. The Bertz CT molecular complexity index is 713. The van der Waals surface area contributed by atoms with E-state index in [1.165, 1.54) is 0 Å². The Morgan fingerprint density at radius 3 is 2.33 bits per heavy atom. The average molecular weight is 369 g/mol. The van der Waals surface area contributed by atoms with Crippen LogP contribution in [0.25, 0.3) is 0 Å². The molecule has 0 atom stereocenters. The summed E-state index contributed by atoms with van der Waals surface area (Å²) < 4.78 is 25.2. The van der Waals surface area contributed by atoms with Crippen LogP contribution in [-0.4, -0.2) is 28.4 Å². The molecule has 0 amide bonds. The lowest BCUT2D eigenvalue weighted by atomic mass is 10.3. The van der Waals surface area contributed by atoms with Crippen LogP contribution in [0.5, 0.6) is 0 Å². The van der Waals surface area contributed by atoms with Crippen molar-refractivity contribution in [3.8, 4) is 0 Å². The third kappa shape index (κ3) is 4.22. The van der Waals surface area contributed by atoms with Gasteiger partial charge in [-0.3, -0.25) is 0 Å². The smallest absolute Gasteiger partial charge is 0.196 e. The SMILES string of the molecule is CN(C)c1ccc(NCS(=O)(=O)c2cccc(Br)c2)cc1. The molecule has 0 aliphatic rings. The first kappa shape index (κ1) is 15.9. The van der Waals surface area contributed by atoms with Crippen LogP contribution in [0.1, 0.15) is 0 Å². The number of benzene rings is 2. The average Bonchev–Trinajstić information content (AvgIpc) is 2.45. The molecule has 0 heterocycles. The van der Waals surface area contributed by atoms with E-state index in [1.807, 2.05) is 43.3 Å². The summed E-state index contributed by atoms with van der Waals surface area (Å²) in [7, 11) is 0.558. The van der Waals surface area contributed by atoms with Crippen molar-refractivity contribution >= 4 is 37.1 Å². The van der Waals surface area contributed by atoms with Gasteiger partial charge in [-0.1, -0.05) is 22.0 Å². The first-order valence-electron chi connectivity index (χ1n) is 6.38. The number of halogens is 1. The van der Waals surface area contributed by atoms with Crippen molar-refractivity contribution in [3.63, 3.8) is 0 Å². The lowest BCUT2D eigenvalue weighted by molar-refractivity contribution is 0.597. The Morgan fingerprint density at radius 1 is 1.10 bits per heavy atom. The fourth-order valence-electron chi connectivity index (χ4n) is 1.80. The van der Waals surface area contributed by atoms with Gasteiger partial charge in [0, 0.05) is 29.9 Å². The molecule has 0 saturated heterocycles. The highest BCUT2D eigenvalue weighted by molar-refractivity contribution is 9.10. The van der Waals surface area contributed by atoms with Crippen LogP contribution >= 0.6 is 15.9 Å². The second-order valence-electron chi connectivity index (χ2n) is 4.83. The highest BCUT2D eigenvalue weighted by Gasteiger charge is 2.14. The first-order valence-corrected chi connectivity index (χ1v) is 8.82. The summed E-state index contributed by atoms with van der Waals surface area (Å²) in [5.74, 6) is -0.134. The molecule has 0 aliphatic heterocycles. The standard InChI is InChI=1S/C15H17BrN2O2S/c1-18(2)14-8-6-13(7-9-14)17-11-21(19,20)15-5-3-4-12(16)10-15/h3-10,17H,11H2,1-2H3. The molecule has 0 aliphatic carbocycles. The maximum absolute atomic E-state index is 12.2. The lowest BCUT2D eigenvalue weighted by Gasteiger charge is -2.13. The number of nitrogens with one attached hydrogen (secondary N) is 1. The number of sulfone groups is 1. The number of anilines is 2. The first-order chi connectivity index (χ1) is 9.88. The summed E-state index contributed by atoms with van der Waals surface area (Å²) in [6.07, 6.45) is 0. The lowest BCUT2D eigenvalue weighted by Crippen LogP contribution is -2.15. The molecule has 0 bridgehead atoms. The maximum Gasteiger partial charge on any atom is 0.196 e. The molecule has 2 rings (SSSR count). The third-order valence-electron chi connectivity index (χ3n) is 3.01. The van der Waals surface area contributed by atoms with Crippen molar-refractivity contribution in [2.45, 2.75) is 4.90 Å². The molecule has 0 radical (unpaired) electrons.